The van der Waals surface area contributed by atoms with Crippen LogP contribution in [0.15, 0.2) is 10.5 Å². The fourth-order valence-corrected chi connectivity index (χ4v) is 3.79. The van der Waals surface area contributed by atoms with Crippen LogP contribution in [0.25, 0.3) is 10.9 Å². The summed E-state index contributed by atoms with van der Waals surface area (Å²) in [7, 11) is 0. The number of fused-ring (bicyclic) bond motifs is 3. The van der Waals surface area contributed by atoms with Crippen molar-refractivity contribution in [1.82, 2.24) is 10.3 Å². The van der Waals surface area contributed by atoms with E-state index in [4.69, 9.17) is 23.2 Å². The van der Waals surface area contributed by atoms with Gasteiger partial charge in [-0.3, -0.25) is 4.79 Å². The molecule has 0 saturated heterocycles. The number of hydrogen-bond acceptors (Lipinski definition) is 1. The van der Waals surface area contributed by atoms with Gasteiger partial charge in [-0.05, 0) is 18.6 Å². The summed E-state index contributed by atoms with van der Waals surface area (Å²) in [5.41, 5.74) is 2.86. The SMILES string of the molecule is C[C@H]1C(=O)NCCc2[nH]c3c(Cl)c(Cl)cc(Br)c3c21. The zero-order valence-corrected chi connectivity index (χ0v) is 13.2. The first-order valence-electron chi connectivity index (χ1n) is 5.96. The standard InChI is InChI=1S/C13H11BrCl2N2O/c1-5-9-8(2-3-17-13(5)19)18-12-10(9)6(14)4-7(15)11(12)16/h4-5,18H,2-3H2,1H3,(H,17,19)/t5-/m1/s1. The van der Waals surface area contributed by atoms with Crippen molar-refractivity contribution in [2.75, 3.05) is 6.54 Å². The van der Waals surface area contributed by atoms with Crippen molar-refractivity contribution in [3.05, 3.63) is 31.8 Å². The third kappa shape index (κ3) is 1.97. The summed E-state index contributed by atoms with van der Waals surface area (Å²) in [5.74, 6) is -0.169. The summed E-state index contributed by atoms with van der Waals surface area (Å²) in [6, 6.07) is 1.77. The highest BCUT2D eigenvalue weighted by molar-refractivity contribution is 9.10. The average molecular weight is 362 g/mol. The Morgan fingerprint density at radius 3 is 2.89 bits per heavy atom. The third-order valence-corrected chi connectivity index (χ3v) is 4.96. The molecule has 3 rings (SSSR count). The number of hydrogen-bond donors (Lipinski definition) is 2. The molecule has 0 saturated carbocycles. The Morgan fingerprint density at radius 2 is 2.16 bits per heavy atom. The number of aromatic amines is 1. The van der Waals surface area contributed by atoms with Crippen molar-refractivity contribution < 1.29 is 4.79 Å². The summed E-state index contributed by atoms with van der Waals surface area (Å²) in [6.07, 6.45) is 0.764. The summed E-state index contributed by atoms with van der Waals surface area (Å²) in [4.78, 5) is 15.3. The molecule has 0 aliphatic carbocycles. The van der Waals surface area contributed by atoms with E-state index in [9.17, 15) is 4.79 Å². The first kappa shape index (κ1) is 13.3. The molecule has 19 heavy (non-hydrogen) atoms. The maximum Gasteiger partial charge on any atom is 0.227 e. The smallest absolute Gasteiger partial charge is 0.227 e. The predicted octanol–water partition coefficient (Wildman–Crippen LogP) is 4.01. The minimum atomic E-state index is -0.209. The van der Waals surface area contributed by atoms with E-state index < -0.39 is 0 Å². The molecule has 0 spiro atoms. The third-order valence-electron chi connectivity index (χ3n) is 3.54. The lowest BCUT2D eigenvalue weighted by atomic mass is 9.97. The van der Waals surface area contributed by atoms with Crippen molar-refractivity contribution in [3.8, 4) is 0 Å². The molecule has 0 unspecified atom stereocenters. The van der Waals surface area contributed by atoms with E-state index in [1.54, 1.807) is 6.07 Å². The van der Waals surface area contributed by atoms with E-state index >= 15 is 0 Å². The molecule has 2 heterocycles. The number of benzene rings is 1. The normalized spacial score (nSPS) is 19.2. The van der Waals surface area contributed by atoms with Crippen LogP contribution < -0.4 is 5.32 Å². The van der Waals surface area contributed by atoms with Gasteiger partial charge in [-0.2, -0.15) is 0 Å². The van der Waals surface area contributed by atoms with Gasteiger partial charge in [0, 0.05) is 28.5 Å². The second-order valence-electron chi connectivity index (χ2n) is 4.68. The van der Waals surface area contributed by atoms with Crippen molar-refractivity contribution in [2.24, 2.45) is 0 Å². The highest BCUT2D eigenvalue weighted by Gasteiger charge is 2.28. The molecule has 1 aliphatic rings. The molecule has 6 heteroatoms. The molecule has 3 nitrogen and oxygen atoms in total. The Morgan fingerprint density at radius 1 is 1.42 bits per heavy atom. The Labute approximate surface area is 128 Å². The van der Waals surface area contributed by atoms with Gasteiger partial charge in [0.05, 0.1) is 21.5 Å². The van der Waals surface area contributed by atoms with Crippen LogP contribution in [-0.4, -0.2) is 17.4 Å². The van der Waals surface area contributed by atoms with Gasteiger partial charge in [0.15, 0.2) is 0 Å². The van der Waals surface area contributed by atoms with Crippen LogP contribution in [0.3, 0.4) is 0 Å². The maximum absolute atomic E-state index is 12.0. The van der Waals surface area contributed by atoms with E-state index in [0.717, 1.165) is 33.1 Å². The molecule has 100 valence electrons. The average Bonchev–Trinajstić information content (AvgIpc) is 2.69. The van der Waals surface area contributed by atoms with Crippen LogP contribution in [0.4, 0.5) is 0 Å². The number of aromatic nitrogens is 1. The van der Waals surface area contributed by atoms with E-state index in [0.29, 0.717) is 16.6 Å². The zero-order valence-electron chi connectivity index (χ0n) is 10.1. The highest BCUT2D eigenvalue weighted by atomic mass is 79.9. The number of amides is 1. The summed E-state index contributed by atoms with van der Waals surface area (Å²) >= 11 is 15.9. The fourth-order valence-electron chi connectivity index (χ4n) is 2.62. The quantitative estimate of drug-likeness (QED) is 0.684. The lowest BCUT2D eigenvalue weighted by Gasteiger charge is -2.10. The molecule has 1 atom stereocenters. The summed E-state index contributed by atoms with van der Waals surface area (Å²) in [6.45, 7) is 2.54. The first-order chi connectivity index (χ1) is 9.00. The number of nitrogens with one attached hydrogen (secondary N) is 2. The molecule has 1 aliphatic heterocycles. The van der Waals surface area contributed by atoms with Gasteiger partial charge in [0.1, 0.15) is 0 Å². The van der Waals surface area contributed by atoms with Gasteiger partial charge < -0.3 is 10.3 Å². The number of rotatable bonds is 0. The molecular weight excluding hydrogens is 351 g/mol. The minimum absolute atomic E-state index is 0.0395. The number of carbonyl (C=O) groups excluding carboxylic acids is 1. The topological polar surface area (TPSA) is 44.9 Å². The van der Waals surface area contributed by atoms with E-state index in [1.807, 2.05) is 6.92 Å². The van der Waals surface area contributed by atoms with Crippen molar-refractivity contribution in [1.29, 1.82) is 0 Å². The van der Waals surface area contributed by atoms with Crippen LogP contribution in [0.5, 0.6) is 0 Å². The Kier molecular flexibility index (Phi) is 3.28. The van der Waals surface area contributed by atoms with Gasteiger partial charge in [-0.15, -0.1) is 0 Å². The monoisotopic (exact) mass is 360 g/mol. The second-order valence-corrected chi connectivity index (χ2v) is 6.32. The molecule has 2 N–H and O–H groups in total. The van der Waals surface area contributed by atoms with Crippen LogP contribution >= 0.6 is 39.1 Å². The van der Waals surface area contributed by atoms with Crippen molar-refractivity contribution >= 4 is 55.9 Å². The van der Waals surface area contributed by atoms with Gasteiger partial charge in [0.25, 0.3) is 0 Å². The van der Waals surface area contributed by atoms with Crippen molar-refractivity contribution in [2.45, 2.75) is 19.3 Å². The van der Waals surface area contributed by atoms with Crippen LogP contribution in [-0.2, 0) is 11.2 Å². The van der Waals surface area contributed by atoms with Crippen LogP contribution in [0.1, 0.15) is 24.1 Å². The Hall–Kier alpha value is -0.710. The van der Waals surface area contributed by atoms with Crippen molar-refractivity contribution in [3.63, 3.8) is 0 Å². The first-order valence-corrected chi connectivity index (χ1v) is 7.51. The molecular formula is C13H11BrCl2N2O. The molecule has 1 aromatic heterocycles. The van der Waals surface area contributed by atoms with Gasteiger partial charge in [0.2, 0.25) is 5.91 Å². The van der Waals surface area contributed by atoms with E-state index in [2.05, 4.69) is 26.2 Å². The lowest BCUT2D eigenvalue weighted by molar-refractivity contribution is -0.121. The number of H-pyrrole nitrogens is 1. The summed E-state index contributed by atoms with van der Waals surface area (Å²) < 4.78 is 0.857. The number of carbonyl (C=O) groups is 1. The van der Waals surface area contributed by atoms with E-state index in [-0.39, 0.29) is 11.8 Å². The van der Waals surface area contributed by atoms with Gasteiger partial charge >= 0.3 is 0 Å². The van der Waals surface area contributed by atoms with Crippen LogP contribution in [0.2, 0.25) is 10.0 Å². The molecule has 1 amide bonds. The number of halogens is 3. The molecule has 1 aromatic carbocycles. The molecule has 0 radical (unpaired) electrons. The van der Waals surface area contributed by atoms with E-state index in [1.165, 1.54) is 0 Å². The van der Waals surface area contributed by atoms with Crippen LogP contribution in [0, 0.1) is 0 Å². The second kappa shape index (κ2) is 4.69. The highest BCUT2D eigenvalue weighted by Crippen LogP contribution is 2.41. The summed E-state index contributed by atoms with van der Waals surface area (Å²) in [5, 5.41) is 4.85. The van der Waals surface area contributed by atoms with Gasteiger partial charge in [-0.25, -0.2) is 0 Å². The fraction of sp³-hybridized carbons (Fsp3) is 0.308. The Balaban J connectivity index is 2.40. The predicted molar refractivity (Wildman–Crippen MR) is 81.1 cm³/mol. The largest absolute Gasteiger partial charge is 0.357 e. The Bertz CT molecular complexity index is 696. The zero-order chi connectivity index (χ0) is 13.7. The minimum Gasteiger partial charge on any atom is -0.357 e. The molecule has 0 fully saturated rings. The molecule has 0 bridgehead atoms. The van der Waals surface area contributed by atoms with Gasteiger partial charge in [-0.1, -0.05) is 39.1 Å². The lowest BCUT2D eigenvalue weighted by Crippen LogP contribution is -2.26. The maximum atomic E-state index is 12.0. The molecule has 2 aromatic rings.